The number of likely N-dealkylation sites (tertiary alicyclic amines) is 1. The molecule has 1 aliphatic rings. The summed E-state index contributed by atoms with van der Waals surface area (Å²) in [5.41, 5.74) is 0.664. The largest absolute Gasteiger partial charge is 0.339 e. The third-order valence-corrected chi connectivity index (χ3v) is 5.36. The van der Waals surface area contributed by atoms with Crippen LogP contribution in [0, 0.1) is 11.7 Å². The Labute approximate surface area is 148 Å². The molecule has 4 rings (SSSR count). The zero-order chi connectivity index (χ0) is 18.3. The molecule has 3 aromatic rings. The molecule has 0 radical (unpaired) electrons. The molecule has 1 amide bonds. The normalized spacial score (nSPS) is 16.3. The topological polar surface area (TPSA) is 116 Å². The van der Waals surface area contributed by atoms with Gasteiger partial charge in [0.05, 0.1) is 5.56 Å². The molecule has 0 spiro atoms. The van der Waals surface area contributed by atoms with Crippen molar-refractivity contribution in [2.45, 2.75) is 32.1 Å². The molecule has 1 fully saturated rings. The second kappa shape index (κ2) is 6.11. The molecule has 0 saturated carbocycles. The maximum absolute atomic E-state index is 14.3. The Kier molecular flexibility index (Phi) is 3.89. The highest BCUT2D eigenvalue weighted by Gasteiger charge is 2.38. The number of H-pyrrole nitrogens is 2. The minimum Gasteiger partial charge on any atom is -0.339 e. The number of tetrazole rings is 1. The van der Waals surface area contributed by atoms with Gasteiger partial charge in [0.25, 0.3) is 5.91 Å². The number of hydrogen-bond donors (Lipinski definition) is 2. The molecular weight excluding hydrogens is 339 g/mol. The van der Waals surface area contributed by atoms with Crippen molar-refractivity contribution in [1.82, 2.24) is 40.9 Å². The minimum atomic E-state index is -0.578. The van der Waals surface area contributed by atoms with Crippen LogP contribution in [-0.4, -0.2) is 59.9 Å². The van der Waals surface area contributed by atoms with Crippen molar-refractivity contribution in [1.29, 1.82) is 0 Å². The number of fused-ring (bicyclic) bond motifs is 1. The molecule has 10 heteroatoms. The van der Waals surface area contributed by atoms with Crippen LogP contribution in [0.5, 0.6) is 0 Å². The van der Waals surface area contributed by atoms with Crippen LogP contribution in [0.3, 0.4) is 0 Å². The molecule has 1 aliphatic heterocycles. The molecule has 26 heavy (non-hydrogen) atoms. The number of nitrogens with zero attached hydrogens (tertiary/aromatic N) is 6. The lowest BCUT2D eigenvalue weighted by Crippen LogP contribution is -2.43. The van der Waals surface area contributed by atoms with Gasteiger partial charge in [0.15, 0.2) is 5.82 Å². The summed E-state index contributed by atoms with van der Waals surface area (Å²) in [6, 6.07) is 2.68. The summed E-state index contributed by atoms with van der Waals surface area (Å²) >= 11 is 0. The van der Waals surface area contributed by atoms with Crippen LogP contribution in [0.4, 0.5) is 4.39 Å². The number of carbonyl (C=O) groups excluding carboxylic acids is 1. The summed E-state index contributed by atoms with van der Waals surface area (Å²) in [7, 11) is 0. The van der Waals surface area contributed by atoms with Gasteiger partial charge in [-0.3, -0.25) is 4.79 Å². The molecule has 0 bridgehead atoms. The van der Waals surface area contributed by atoms with Crippen molar-refractivity contribution in [3.8, 4) is 0 Å². The van der Waals surface area contributed by atoms with Gasteiger partial charge in [-0.05, 0) is 24.8 Å². The summed E-state index contributed by atoms with van der Waals surface area (Å²) in [6.45, 7) is 5.28. The van der Waals surface area contributed by atoms with Crippen molar-refractivity contribution < 1.29 is 9.18 Å². The average molecular weight is 358 g/mol. The lowest BCUT2D eigenvalue weighted by Gasteiger charge is -2.39. The van der Waals surface area contributed by atoms with Crippen LogP contribution in [0.1, 0.15) is 42.9 Å². The lowest BCUT2D eigenvalue weighted by molar-refractivity contribution is 0.0642. The number of rotatable bonds is 3. The van der Waals surface area contributed by atoms with E-state index in [1.54, 1.807) is 4.90 Å². The van der Waals surface area contributed by atoms with Gasteiger partial charge < -0.3 is 4.90 Å². The Balaban J connectivity index is 1.49. The van der Waals surface area contributed by atoms with Crippen LogP contribution < -0.4 is 0 Å². The molecule has 1 aromatic carbocycles. The molecule has 0 aliphatic carbocycles. The number of aromatic nitrogens is 7. The smallest absolute Gasteiger partial charge is 0.256 e. The third-order valence-electron chi connectivity index (χ3n) is 5.36. The molecule has 136 valence electrons. The second-order valence-corrected chi connectivity index (χ2v) is 7.17. The highest BCUT2D eigenvalue weighted by atomic mass is 19.1. The van der Waals surface area contributed by atoms with E-state index in [0.29, 0.717) is 35.9 Å². The number of carbonyl (C=O) groups is 1. The minimum absolute atomic E-state index is 0.0299. The van der Waals surface area contributed by atoms with Gasteiger partial charge >= 0.3 is 0 Å². The van der Waals surface area contributed by atoms with E-state index >= 15 is 0 Å². The fourth-order valence-corrected chi connectivity index (χ4v) is 3.62. The van der Waals surface area contributed by atoms with Crippen molar-refractivity contribution in [2.24, 2.45) is 5.92 Å². The third kappa shape index (κ3) is 2.71. The Morgan fingerprint density at radius 3 is 2.50 bits per heavy atom. The first-order valence-electron chi connectivity index (χ1n) is 8.50. The molecule has 0 atom stereocenters. The number of halogens is 1. The maximum Gasteiger partial charge on any atom is 0.256 e. The molecule has 2 N–H and O–H groups in total. The van der Waals surface area contributed by atoms with Gasteiger partial charge in [0.2, 0.25) is 0 Å². The van der Waals surface area contributed by atoms with E-state index < -0.39 is 5.82 Å². The van der Waals surface area contributed by atoms with Crippen LogP contribution in [-0.2, 0) is 5.41 Å². The summed E-state index contributed by atoms with van der Waals surface area (Å²) in [6.07, 6.45) is 1.59. The first-order valence-corrected chi connectivity index (χ1v) is 8.50. The van der Waals surface area contributed by atoms with E-state index in [9.17, 15) is 9.18 Å². The molecule has 1 saturated heterocycles. The van der Waals surface area contributed by atoms with Gasteiger partial charge in [-0.1, -0.05) is 19.1 Å². The van der Waals surface area contributed by atoms with Gasteiger partial charge in [0, 0.05) is 24.6 Å². The Bertz CT molecular complexity index is 927. The molecule has 2 aromatic heterocycles. The second-order valence-electron chi connectivity index (χ2n) is 7.17. The predicted octanol–water partition coefficient (Wildman–Crippen LogP) is 1.44. The van der Waals surface area contributed by atoms with Crippen LogP contribution in [0.15, 0.2) is 12.1 Å². The van der Waals surface area contributed by atoms with Crippen LogP contribution >= 0.6 is 0 Å². The monoisotopic (exact) mass is 358 g/mol. The number of piperidine rings is 1. The zero-order valence-electron chi connectivity index (χ0n) is 14.5. The Morgan fingerprint density at radius 1 is 1.15 bits per heavy atom. The number of aromatic amines is 2. The van der Waals surface area contributed by atoms with Crippen LogP contribution in [0.25, 0.3) is 11.0 Å². The standard InChI is InChI=1S/C16H19FN8O/c1-16(2,15-20-23-24-21-15)9-3-5-25(6-4-9)14(26)10-7-12-13(8-11(10)17)19-22-18-12/h7-9H,3-6H2,1-2H3,(H,18,19,22)(H,20,21,23,24). The van der Waals surface area contributed by atoms with E-state index in [-0.39, 0.29) is 16.9 Å². The van der Waals surface area contributed by atoms with Crippen LogP contribution in [0.2, 0.25) is 0 Å². The quantitative estimate of drug-likeness (QED) is 0.732. The number of benzene rings is 1. The highest BCUT2D eigenvalue weighted by Crippen LogP contribution is 2.36. The summed E-state index contributed by atoms with van der Waals surface area (Å²) in [4.78, 5) is 14.4. The van der Waals surface area contributed by atoms with Crippen molar-refractivity contribution in [3.05, 3.63) is 29.3 Å². The maximum atomic E-state index is 14.3. The van der Waals surface area contributed by atoms with E-state index in [0.717, 1.165) is 12.8 Å². The fraction of sp³-hybridized carbons (Fsp3) is 0.500. The van der Waals surface area contributed by atoms with Gasteiger partial charge in [-0.2, -0.15) is 20.6 Å². The highest BCUT2D eigenvalue weighted by molar-refractivity contribution is 5.97. The molecule has 0 unspecified atom stereocenters. The average Bonchev–Trinajstić information content (AvgIpc) is 3.32. The number of hydrogen-bond acceptors (Lipinski definition) is 6. The van der Waals surface area contributed by atoms with E-state index in [4.69, 9.17) is 0 Å². The number of amides is 1. The summed E-state index contributed by atoms with van der Waals surface area (Å²) in [5.74, 6) is 0.0886. The van der Waals surface area contributed by atoms with Gasteiger partial charge in [-0.15, -0.1) is 10.2 Å². The molecule has 3 heterocycles. The summed E-state index contributed by atoms with van der Waals surface area (Å²) < 4.78 is 14.3. The van der Waals surface area contributed by atoms with E-state index in [2.05, 4.69) is 49.9 Å². The predicted molar refractivity (Wildman–Crippen MR) is 89.7 cm³/mol. The van der Waals surface area contributed by atoms with Crippen molar-refractivity contribution >= 4 is 16.9 Å². The first-order chi connectivity index (χ1) is 12.5. The SMILES string of the molecule is CC(C)(c1nn[nH]n1)C1CCN(C(=O)c2cc3n[nH]nc3cc2F)CC1. The van der Waals surface area contributed by atoms with Crippen molar-refractivity contribution in [2.75, 3.05) is 13.1 Å². The van der Waals surface area contributed by atoms with E-state index in [1.165, 1.54) is 12.1 Å². The van der Waals surface area contributed by atoms with E-state index in [1.807, 2.05) is 0 Å². The first kappa shape index (κ1) is 16.6. The Hall–Kier alpha value is -2.91. The summed E-state index contributed by atoms with van der Waals surface area (Å²) in [5, 5.41) is 24.5. The molecular formula is C16H19FN8O. The van der Waals surface area contributed by atoms with Gasteiger partial charge in [0.1, 0.15) is 16.9 Å². The fourth-order valence-electron chi connectivity index (χ4n) is 3.62. The van der Waals surface area contributed by atoms with Gasteiger partial charge in [-0.25, -0.2) is 4.39 Å². The Morgan fingerprint density at radius 2 is 1.85 bits per heavy atom. The number of nitrogens with one attached hydrogen (secondary N) is 2. The zero-order valence-corrected chi connectivity index (χ0v) is 14.5. The van der Waals surface area contributed by atoms with Crippen molar-refractivity contribution in [3.63, 3.8) is 0 Å². The lowest BCUT2D eigenvalue weighted by atomic mass is 9.73. The molecule has 9 nitrogen and oxygen atoms in total.